The Morgan fingerprint density at radius 2 is 2.08 bits per heavy atom. The molecular formula is C18H26N4O2. The molecule has 24 heavy (non-hydrogen) atoms. The lowest BCUT2D eigenvalue weighted by Gasteiger charge is -2.40. The average molecular weight is 330 g/mol. The molecule has 6 nitrogen and oxygen atoms in total. The number of piperazine rings is 1. The molecule has 0 saturated carbocycles. The van der Waals surface area contributed by atoms with Crippen LogP contribution in [0.2, 0.25) is 0 Å². The van der Waals surface area contributed by atoms with Crippen LogP contribution in [-0.4, -0.2) is 57.3 Å². The highest BCUT2D eigenvalue weighted by atomic mass is 16.5. The number of aliphatic hydroxyl groups is 1. The van der Waals surface area contributed by atoms with Gasteiger partial charge in [0.05, 0.1) is 12.6 Å². The van der Waals surface area contributed by atoms with E-state index in [4.69, 9.17) is 4.52 Å². The molecule has 0 unspecified atom stereocenters. The Kier molecular flexibility index (Phi) is 5.60. The Hall–Kier alpha value is -1.76. The van der Waals surface area contributed by atoms with Gasteiger partial charge in [-0.1, -0.05) is 42.4 Å². The molecule has 1 N–H and O–H groups in total. The summed E-state index contributed by atoms with van der Waals surface area (Å²) in [5.41, 5.74) is 0.978. The molecule has 130 valence electrons. The summed E-state index contributed by atoms with van der Waals surface area (Å²) in [4.78, 5) is 9.08. The van der Waals surface area contributed by atoms with E-state index in [0.717, 1.165) is 44.0 Å². The number of β-amino-alcohol motifs (C(OH)–C–C–N with tert-alkyl or cyclic N) is 1. The summed E-state index contributed by atoms with van der Waals surface area (Å²) in [5.74, 6) is 1.46. The van der Waals surface area contributed by atoms with Gasteiger partial charge in [0.25, 0.3) is 0 Å². The molecule has 0 aliphatic carbocycles. The molecular weight excluding hydrogens is 304 g/mol. The second kappa shape index (κ2) is 7.88. The molecule has 1 aliphatic heterocycles. The molecule has 1 saturated heterocycles. The third-order valence-corrected chi connectivity index (χ3v) is 4.62. The van der Waals surface area contributed by atoms with Crippen molar-refractivity contribution < 1.29 is 9.63 Å². The van der Waals surface area contributed by atoms with Crippen LogP contribution in [0.4, 0.5) is 0 Å². The monoisotopic (exact) mass is 330 g/mol. The molecule has 6 heteroatoms. The van der Waals surface area contributed by atoms with Gasteiger partial charge in [-0.25, -0.2) is 0 Å². The lowest BCUT2D eigenvalue weighted by atomic mass is 10.1. The lowest BCUT2D eigenvalue weighted by molar-refractivity contribution is 0.0351. The largest absolute Gasteiger partial charge is 0.387 e. The summed E-state index contributed by atoms with van der Waals surface area (Å²) in [6, 6.07) is 10.2. The Morgan fingerprint density at radius 1 is 1.29 bits per heavy atom. The minimum atomic E-state index is -0.440. The van der Waals surface area contributed by atoms with Gasteiger partial charge in [0, 0.05) is 38.6 Å². The van der Waals surface area contributed by atoms with Crippen LogP contribution >= 0.6 is 0 Å². The van der Waals surface area contributed by atoms with Crippen molar-refractivity contribution in [1.82, 2.24) is 19.9 Å². The van der Waals surface area contributed by atoms with E-state index >= 15 is 0 Å². The Labute approximate surface area is 143 Å². The topological polar surface area (TPSA) is 65.6 Å². The highest BCUT2D eigenvalue weighted by Gasteiger charge is 2.26. The van der Waals surface area contributed by atoms with Crippen molar-refractivity contribution in [3.63, 3.8) is 0 Å². The number of benzene rings is 1. The molecule has 1 aromatic carbocycles. The zero-order valence-electron chi connectivity index (χ0n) is 14.4. The molecule has 3 rings (SSSR count). The summed E-state index contributed by atoms with van der Waals surface area (Å²) in [5, 5.41) is 14.5. The summed E-state index contributed by atoms with van der Waals surface area (Å²) in [7, 11) is 0. The molecule has 0 bridgehead atoms. The van der Waals surface area contributed by atoms with Crippen molar-refractivity contribution in [2.24, 2.45) is 0 Å². The number of aryl methyl sites for hydroxylation is 1. The number of hydrogen-bond donors (Lipinski definition) is 1. The van der Waals surface area contributed by atoms with E-state index in [-0.39, 0.29) is 0 Å². The van der Waals surface area contributed by atoms with E-state index < -0.39 is 6.10 Å². The van der Waals surface area contributed by atoms with Gasteiger partial charge in [0.15, 0.2) is 5.82 Å². The Bertz CT molecular complexity index is 631. The molecule has 1 aliphatic rings. The lowest BCUT2D eigenvalue weighted by Crippen LogP contribution is -2.52. The first-order valence-corrected chi connectivity index (χ1v) is 8.66. The maximum absolute atomic E-state index is 10.4. The van der Waals surface area contributed by atoms with Crippen molar-refractivity contribution in [1.29, 1.82) is 0 Å². The summed E-state index contributed by atoms with van der Waals surface area (Å²) < 4.78 is 5.17. The smallest absolute Gasteiger partial charge is 0.226 e. The van der Waals surface area contributed by atoms with E-state index in [2.05, 4.69) is 26.9 Å². The fourth-order valence-corrected chi connectivity index (χ4v) is 3.19. The van der Waals surface area contributed by atoms with E-state index in [0.29, 0.717) is 18.5 Å². The first kappa shape index (κ1) is 17.1. The fourth-order valence-electron chi connectivity index (χ4n) is 3.19. The number of aromatic nitrogens is 2. The first-order valence-electron chi connectivity index (χ1n) is 8.66. The fraction of sp³-hybridized carbons (Fsp3) is 0.556. The van der Waals surface area contributed by atoms with Gasteiger partial charge in [-0.05, 0) is 12.5 Å². The van der Waals surface area contributed by atoms with Crippen LogP contribution in [0.1, 0.15) is 37.2 Å². The van der Waals surface area contributed by atoms with Gasteiger partial charge in [0.2, 0.25) is 5.89 Å². The maximum atomic E-state index is 10.4. The van der Waals surface area contributed by atoms with Crippen molar-refractivity contribution >= 4 is 0 Å². The van der Waals surface area contributed by atoms with Crippen LogP contribution < -0.4 is 0 Å². The quantitative estimate of drug-likeness (QED) is 0.872. The SMILES string of the molecule is CCc1nc(CN2CCN(C[C@H](O)c3ccccc3)[C@H](C)C2)no1. The Balaban J connectivity index is 1.51. The number of nitrogens with zero attached hydrogens (tertiary/aromatic N) is 4. The van der Waals surface area contributed by atoms with Gasteiger partial charge >= 0.3 is 0 Å². The molecule has 0 radical (unpaired) electrons. The second-order valence-electron chi connectivity index (χ2n) is 6.46. The average Bonchev–Trinajstić information content (AvgIpc) is 3.05. The molecule has 0 spiro atoms. The van der Waals surface area contributed by atoms with Crippen molar-refractivity contribution in [2.75, 3.05) is 26.2 Å². The van der Waals surface area contributed by atoms with Gasteiger partial charge in [-0.3, -0.25) is 9.80 Å². The summed E-state index contributed by atoms with van der Waals surface area (Å²) in [6.45, 7) is 8.43. The molecule has 2 heterocycles. The standard InChI is InChI=1S/C18H26N4O2/c1-3-18-19-17(20-24-18)13-21-9-10-22(14(2)11-21)12-16(23)15-7-5-4-6-8-15/h4-8,14,16,23H,3,9-13H2,1-2H3/t14-,16+/m1/s1. The number of aliphatic hydroxyl groups excluding tert-OH is 1. The summed E-state index contributed by atoms with van der Waals surface area (Å²) >= 11 is 0. The molecule has 0 amide bonds. The van der Waals surface area contributed by atoms with E-state index in [9.17, 15) is 5.11 Å². The van der Waals surface area contributed by atoms with Crippen molar-refractivity contribution in [3.05, 3.63) is 47.6 Å². The number of hydrogen-bond acceptors (Lipinski definition) is 6. The molecule has 1 fully saturated rings. The minimum Gasteiger partial charge on any atom is -0.387 e. The first-order chi connectivity index (χ1) is 11.7. The third-order valence-electron chi connectivity index (χ3n) is 4.62. The Morgan fingerprint density at radius 3 is 2.75 bits per heavy atom. The molecule has 1 aromatic heterocycles. The van der Waals surface area contributed by atoms with Gasteiger partial charge in [-0.2, -0.15) is 4.98 Å². The maximum Gasteiger partial charge on any atom is 0.226 e. The number of rotatable bonds is 6. The zero-order valence-corrected chi connectivity index (χ0v) is 14.4. The third kappa shape index (κ3) is 4.20. The van der Waals surface area contributed by atoms with E-state index in [1.54, 1.807) is 0 Å². The van der Waals surface area contributed by atoms with Crippen molar-refractivity contribution in [3.8, 4) is 0 Å². The highest BCUT2D eigenvalue weighted by molar-refractivity contribution is 5.17. The molecule has 2 atom stereocenters. The predicted octanol–water partition coefficient (Wildman–Crippen LogP) is 1.87. The van der Waals surface area contributed by atoms with Crippen LogP contribution in [0.3, 0.4) is 0 Å². The minimum absolute atomic E-state index is 0.384. The predicted molar refractivity (Wildman–Crippen MR) is 91.4 cm³/mol. The van der Waals surface area contributed by atoms with Gasteiger partial charge in [-0.15, -0.1) is 0 Å². The van der Waals surface area contributed by atoms with Crippen LogP contribution in [0, 0.1) is 0 Å². The van der Waals surface area contributed by atoms with Crippen LogP contribution in [0.15, 0.2) is 34.9 Å². The summed E-state index contributed by atoms with van der Waals surface area (Å²) in [6.07, 6.45) is 0.332. The van der Waals surface area contributed by atoms with E-state index in [1.165, 1.54) is 0 Å². The van der Waals surface area contributed by atoms with Crippen LogP contribution in [0.25, 0.3) is 0 Å². The zero-order chi connectivity index (χ0) is 16.9. The van der Waals surface area contributed by atoms with Crippen molar-refractivity contribution in [2.45, 2.75) is 39.0 Å². The molecule has 2 aromatic rings. The van der Waals surface area contributed by atoms with Crippen LogP contribution in [0.5, 0.6) is 0 Å². The normalized spacial score (nSPS) is 21.0. The van der Waals surface area contributed by atoms with Gasteiger partial charge in [0.1, 0.15) is 0 Å². The highest BCUT2D eigenvalue weighted by Crippen LogP contribution is 2.18. The van der Waals surface area contributed by atoms with Crippen LogP contribution in [-0.2, 0) is 13.0 Å². The van der Waals surface area contributed by atoms with Gasteiger partial charge < -0.3 is 9.63 Å². The second-order valence-corrected chi connectivity index (χ2v) is 6.46. The van der Waals surface area contributed by atoms with E-state index in [1.807, 2.05) is 37.3 Å².